The Balaban J connectivity index is 1.86. The molecule has 0 saturated heterocycles. The van der Waals surface area contributed by atoms with E-state index in [4.69, 9.17) is 4.74 Å². The van der Waals surface area contributed by atoms with E-state index < -0.39 is 5.91 Å². The molecule has 0 unspecified atom stereocenters. The quantitative estimate of drug-likeness (QED) is 0.673. The van der Waals surface area contributed by atoms with Crippen LogP contribution in [0.4, 0.5) is 11.4 Å². The lowest BCUT2D eigenvalue weighted by molar-refractivity contribution is -0.114. The van der Waals surface area contributed by atoms with Crippen LogP contribution in [0.1, 0.15) is 17.3 Å². The zero-order valence-corrected chi connectivity index (χ0v) is 14.3. The number of aromatic amines is 1. The van der Waals surface area contributed by atoms with Crippen LogP contribution >= 0.6 is 0 Å². The average Bonchev–Trinajstić information content (AvgIpc) is 2.63. The second kappa shape index (κ2) is 7.10. The third-order valence-electron chi connectivity index (χ3n) is 3.80. The van der Waals surface area contributed by atoms with Crippen LogP contribution in [0.15, 0.2) is 53.5 Å². The predicted octanol–water partition coefficient (Wildman–Crippen LogP) is 2.75. The number of rotatable bonds is 4. The largest absolute Gasteiger partial charge is 0.497 e. The summed E-state index contributed by atoms with van der Waals surface area (Å²) in [5.41, 5.74) is 1.36. The standard InChI is InChI=1S/C19H17N3O4/c1-11(23)21-12-3-5-13(6-4-12)22-19(25)16-10-20-17-8-7-14(26-2)9-15(17)18(16)24/h3-10H,1-2H3,(H,20,24)(H,21,23)(H,22,25). The summed E-state index contributed by atoms with van der Waals surface area (Å²) < 4.78 is 5.13. The van der Waals surface area contributed by atoms with Crippen molar-refractivity contribution in [1.29, 1.82) is 0 Å². The molecular weight excluding hydrogens is 334 g/mol. The smallest absolute Gasteiger partial charge is 0.261 e. The van der Waals surface area contributed by atoms with Gasteiger partial charge in [0.15, 0.2) is 0 Å². The minimum absolute atomic E-state index is 0.00306. The number of fused-ring (bicyclic) bond motifs is 1. The van der Waals surface area contributed by atoms with E-state index in [-0.39, 0.29) is 16.9 Å². The Labute approximate surface area is 149 Å². The summed E-state index contributed by atoms with van der Waals surface area (Å²) in [5.74, 6) is -0.169. The minimum Gasteiger partial charge on any atom is -0.497 e. The van der Waals surface area contributed by atoms with Crippen molar-refractivity contribution in [1.82, 2.24) is 4.98 Å². The number of amides is 2. The molecule has 2 amide bonds. The molecule has 0 saturated carbocycles. The average molecular weight is 351 g/mol. The van der Waals surface area contributed by atoms with Gasteiger partial charge in [-0.05, 0) is 42.5 Å². The fraction of sp³-hybridized carbons (Fsp3) is 0.105. The molecule has 0 bridgehead atoms. The van der Waals surface area contributed by atoms with Gasteiger partial charge in [-0.3, -0.25) is 14.4 Å². The number of methoxy groups -OCH3 is 1. The monoisotopic (exact) mass is 351 g/mol. The van der Waals surface area contributed by atoms with Crippen molar-refractivity contribution in [3.8, 4) is 5.75 Å². The van der Waals surface area contributed by atoms with Crippen molar-refractivity contribution in [2.24, 2.45) is 0 Å². The molecule has 26 heavy (non-hydrogen) atoms. The first-order valence-corrected chi connectivity index (χ1v) is 7.86. The van der Waals surface area contributed by atoms with Gasteiger partial charge in [-0.2, -0.15) is 0 Å². The van der Waals surface area contributed by atoms with E-state index in [0.717, 1.165) is 0 Å². The van der Waals surface area contributed by atoms with Gasteiger partial charge in [0.1, 0.15) is 11.3 Å². The normalized spacial score (nSPS) is 10.4. The molecule has 2 aromatic carbocycles. The summed E-state index contributed by atoms with van der Waals surface area (Å²) in [6.45, 7) is 1.41. The SMILES string of the molecule is COc1ccc2[nH]cc(C(=O)Nc3ccc(NC(C)=O)cc3)c(=O)c2c1. The molecule has 3 rings (SSSR count). The molecule has 3 N–H and O–H groups in total. The van der Waals surface area contributed by atoms with Crippen molar-refractivity contribution < 1.29 is 14.3 Å². The summed E-state index contributed by atoms with van der Waals surface area (Å²) in [6.07, 6.45) is 1.39. The fourth-order valence-corrected chi connectivity index (χ4v) is 2.53. The van der Waals surface area contributed by atoms with Crippen molar-refractivity contribution in [2.75, 3.05) is 17.7 Å². The maximum atomic E-state index is 12.6. The second-order valence-electron chi connectivity index (χ2n) is 5.66. The topological polar surface area (TPSA) is 100 Å². The van der Waals surface area contributed by atoms with Gasteiger partial charge < -0.3 is 20.4 Å². The lowest BCUT2D eigenvalue weighted by Gasteiger charge is -2.08. The maximum absolute atomic E-state index is 12.6. The number of hydrogen-bond acceptors (Lipinski definition) is 4. The van der Waals surface area contributed by atoms with Crippen molar-refractivity contribution in [3.63, 3.8) is 0 Å². The van der Waals surface area contributed by atoms with Gasteiger partial charge in [-0.25, -0.2) is 0 Å². The van der Waals surface area contributed by atoms with E-state index in [9.17, 15) is 14.4 Å². The summed E-state index contributed by atoms with van der Waals surface area (Å²) in [6, 6.07) is 11.6. The third kappa shape index (κ3) is 3.56. The first-order chi connectivity index (χ1) is 12.5. The number of carbonyl (C=O) groups excluding carboxylic acids is 2. The molecule has 7 heteroatoms. The Morgan fingerprint density at radius 3 is 2.27 bits per heavy atom. The van der Waals surface area contributed by atoms with Gasteiger partial charge in [-0.15, -0.1) is 0 Å². The van der Waals surface area contributed by atoms with Crippen LogP contribution < -0.4 is 20.8 Å². The first kappa shape index (κ1) is 17.2. The van der Waals surface area contributed by atoms with Crippen LogP contribution in [-0.4, -0.2) is 23.9 Å². The summed E-state index contributed by atoms with van der Waals surface area (Å²) >= 11 is 0. The number of ether oxygens (including phenoxy) is 1. The predicted molar refractivity (Wildman–Crippen MR) is 99.8 cm³/mol. The Bertz CT molecular complexity index is 1040. The van der Waals surface area contributed by atoms with E-state index >= 15 is 0 Å². The molecule has 132 valence electrons. The van der Waals surface area contributed by atoms with Crippen LogP contribution in [0.3, 0.4) is 0 Å². The highest BCUT2D eigenvalue weighted by Gasteiger charge is 2.14. The summed E-state index contributed by atoms with van der Waals surface area (Å²) in [7, 11) is 1.51. The number of aromatic nitrogens is 1. The number of nitrogens with one attached hydrogen (secondary N) is 3. The van der Waals surface area contributed by atoms with E-state index in [1.54, 1.807) is 42.5 Å². The van der Waals surface area contributed by atoms with E-state index in [1.807, 2.05) is 0 Å². The number of carbonyl (C=O) groups is 2. The Morgan fingerprint density at radius 1 is 1.00 bits per heavy atom. The maximum Gasteiger partial charge on any atom is 0.261 e. The highest BCUT2D eigenvalue weighted by Crippen LogP contribution is 2.18. The van der Waals surface area contributed by atoms with Crippen LogP contribution in [-0.2, 0) is 4.79 Å². The number of hydrogen-bond donors (Lipinski definition) is 3. The van der Waals surface area contributed by atoms with Crippen LogP contribution in [0.25, 0.3) is 10.9 Å². The van der Waals surface area contributed by atoms with Gasteiger partial charge in [0.25, 0.3) is 5.91 Å². The fourth-order valence-electron chi connectivity index (χ4n) is 2.53. The van der Waals surface area contributed by atoms with Gasteiger partial charge in [0.2, 0.25) is 11.3 Å². The molecule has 3 aromatic rings. The van der Waals surface area contributed by atoms with Crippen LogP contribution in [0.5, 0.6) is 5.75 Å². The molecule has 7 nitrogen and oxygen atoms in total. The van der Waals surface area contributed by atoms with E-state index in [0.29, 0.717) is 28.0 Å². The van der Waals surface area contributed by atoms with Gasteiger partial charge in [0.05, 0.1) is 7.11 Å². The number of pyridine rings is 1. The van der Waals surface area contributed by atoms with Crippen molar-refractivity contribution in [2.45, 2.75) is 6.92 Å². The lowest BCUT2D eigenvalue weighted by Crippen LogP contribution is -2.22. The summed E-state index contributed by atoms with van der Waals surface area (Å²) in [5, 5.41) is 5.68. The molecule has 0 aliphatic rings. The van der Waals surface area contributed by atoms with Crippen molar-refractivity contribution in [3.05, 3.63) is 64.4 Å². The van der Waals surface area contributed by atoms with Gasteiger partial charge in [0, 0.05) is 35.4 Å². The molecule has 1 heterocycles. The molecule has 0 aliphatic carbocycles. The summed E-state index contributed by atoms with van der Waals surface area (Å²) in [4.78, 5) is 39.1. The Hall–Kier alpha value is -3.61. The third-order valence-corrected chi connectivity index (χ3v) is 3.80. The molecule has 0 fully saturated rings. The number of anilines is 2. The number of benzene rings is 2. The lowest BCUT2D eigenvalue weighted by atomic mass is 10.1. The number of H-pyrrole nitrogens is 1. The van der Waals surface area contributed by atoms with Gasteiger partial charge in [-0.1, -0.05) is 0 Å². The van der Waals surface area contributed by atoms with E-state index in [2.05, 4.69) is 15.6 Å². The van der Waals surface area contributed by atoms with E-state index in [1.165, 1.54) is 20.2 Å². The zero-order valence-electron chi connectivity index (χ0n) is 14.3. The molecule has 0 spiro atoms. The highest BCUT2D eigenvalue weighted by molar-refractivity contribution is 6.05. The molecule has 1 aromatic heterocycles. The molecular formula is C19H17N3O4. The van der Waals surface area contributed by atoms with Crippen LogP contribution in [0.2, 0.25) is 0 Å². The Morgan fingerprint density at radius 2 is 1.65 bits per heavy atom. The van der Waals surface area contributed by atoms with Gasteiger partial charge >= 0.3 is 0 Å². The molecule has 0 atom stereocenters. The zero-order chi connectivity index (χ0) is 18.7. The minimum atomic E-state index is -0.525. The molecule has 0 radical (unpaired) electrons. The highest BCUT2D eigenvalue weighted by atomic mass is 16.5. The second-order valence-corrected chi connectivity index (χ2v) is 5.66. The van der Waals surface area contributed by atoms with Crippen LogP contribution in [0, 0.1) is 0 Å². The van der Waals surface area contributed by atoms with Crippen molar-refractivity contribution >= 4 is 34.1 Å². The first-order valence-electron chi connectivity index (χ1n) is 7.86. The molecule has 0 aliphatic heterocycles. The Kier molecular flexibility index (Phi) is 4.70.